The maximum Gasteiger partial charge on any atom is 0.225 e. The van der Waals surface area contributed by atoms with Crippen LogP contribution in [-0.2, 0) is 4.79 Å². The van der Waals surface area contributed by atoms with Crippen LogP contribution in [0.1, 0.15) is 32.1 Å². The van der Waals surface area contributed by atoms with Gasteiger partial charge < -0.3 is 14.9 Å². The van der Waals surface area contributed by atoms with Gasteiger partial charge in [0, 0.05) is 32.2 Å². The number of aliphatic hydroxyl groups is 1. The molecule has 0 aromatic rings. The fourth-order valence-corrected chi connectivity index (χ4v) is 2.89. The van der Waals surface area contributed by atoms with Gasteiger partial charge in [-0.2, -0.15) is 0 Å². The predicted molar refractivity (Wildman–Crippen MR) is 66.7 cm³/mol. The van der Waals surface area contributed by atoms with Gasteiger partial charge in [0.2, 0.25) is 5.91 Å². The fraction of sp³-hybridized carbons (Fsp3) is 0.923. The van der Waals surface area contributed by atoms with E-state index in [4.69, 9.17) is 5.11 Å². The Hall–Kier alpha value is -0.610. The number of carbonyl (C=O) groups is 1. The maximum absolute atomic E-state index is 12.2. The minimum atomic E-state index is 0.262. The van der Waals surface area contributed by atoms with Crippen LogP contribution < -0.4 is 0 Å². The van der Waals surface area contributed by atoms with Crippen molar-refractivity contribution in [3.05, 3.63) is 0 Å². The van der Waals surface area contributed by atoms with Crippen LogP contribution >= 0.6 is 0 Å². The Bertz CT molecular complexity index is 244. The van der Waals surface area contributed by atoms with Gasteiger partial charge >= 0.3 is 0 Å². The van der Waals surface area contributed by atoms with Crippen LogP contribution in [0.4, 0.5) is 0 Å². The summed E-state index contributed by atoms with van der Waals surface area (Å²) in [6, 6.07) is 0. The molecule has 17 heavy (non-hydrogen) atoms. The van der Waals surface area contributed by atoms with E-state index in [-0.39, 0.29) is 12.5 Å². The SMILES string of the molecule is O=C(C1CCN(CCCO)CC1)N1CCCC1. The van der Waals surface area contributed by atoms with Crippen molar-refractivity contribution in [2.45, 2.75) is 32.1 Å². The first kappa shape index (κ1) is 12.8. The molecule has 0 aromatic heterocycles. The van der Waals surface area contributed by atoms with Crippen molar-refractivity contribution >= 4 is 5.91 Å². The number of aliphatic hydroxyl groups excluding tert-OH is 1. The molecule has 2 rings (SSSR count). The number of likely N-dealkylation sites (tertiary alicyclic amines) is 2. The standard InChI is InChI=1S/C13H24N2O2/c16-11-3-6-14-9-4-12(5-10-14)13(17)15-7-1-2-8-15/h12,16H,1-11H2. The van der Waals surface area contributed by atoms with Gasteiger partial charge in [0.25, 0.3) is 0 Å². The Balaban J connectivity index is 1.72. The molecule has 4 nitrogen and oxygen atoms in total. The van der Waals surface area contributed by atoms with Gasteiger partial charge in [0.05, 0.1) is 0 Å². The van der Waals surface area contributed by atoms with Gasteiger partial charge in [-0.15, -0.1) is 0 Å². The maximum atomic E-state index is 12.2. The zero-order valence-corrected chi connectivity index (χ0v) is 10.6. The van der Waals surface area contributed by atoms with Crippen LogP contribution in [0, 0.1) is 5.92 Å². The summed E-state index contributed by atoms with van der Waals surface area (Å²) in [6.07, 6.45) is 5.22. The highest BCUT2D eigenvalue weighted by Crippen LogP contribution is 2.21. The molecular weight excluding hydrogens is 216 g/mol. The molecule has 0 aromatic carbocycles. The van der Waals surface area contributed by atoms with E-state index in [1.807, 2.05) is 4.90 Å². The normalized spacial score (nSPS) is 23.2. The number of nitrogens with zero attached hydrogens (tertiary/aromatic N) is 2. The minimum Gasteiger partial charge on any atom is -0.396 e. The van der Waals surface area contributed by atoms with Crippen molar-refractivity contribution in [2.75, 3.05) is 39.3 Å². The monoisotopic (exact) mass is 240 g/mol. The molecule has 1 amide bonds. The molecule has 0 saturated carbocycles. The third-order valence-corrected chi connectivity index (χ3v) is 3.99. The lowest BCUT2D eigenvalue weighted by Crippen LogP contribution is -2.41. The van der Waals surface area contributed by atoms with E-state index in [0.717, 1.165) is 52.0 Å². The Morgan fingerprint density at radius 3 is 2.35 bits per heavy atom. The van der Waals surface area contributed by atoms with Crippen molar-refractivity contribution in [3.8, 4) is 0 Å². The summed E-state index contributed by atoms with van der Waals surface area (Å²) in [5.74, 6) is 0.655. The Morgan fingerprint density at radius 1 is 1.12 bits per heavy atom. The molecule has 2 aliphatic heterocycles. The topological polar surface area (TPSA) is 43.8 Å². The van der Waals surface area contributed by atoms with Crippen LogP contribution in [0.3, 0.4) is 0 Å². The quantitative estimate of drug-likeness (QED) is 0.787. The summed E-state index contributed by atoms with van der Waals surface area (Å²) < 4.78 is 0. The third kappa shape index (κ3) is 3.42. The van der Waals surface area contributed by atoms with Crippen molar-refractivity contribution in [2.24, 2.45) is 5.92 Å². The number of hydrogen-bond acceptors (Lipinski definition) is 3. The Labute approximate surface area is 104 Å². The van der Waals surface area contributed by atoms with Crippen LogP contribution in [0.5, 0.6) is 0 Å². The average Bonchev–Trinajstić information content (AvgIpc) is 2.90. The highest BCUT2D eigenvalue weighted by molar-refractivity contribution is 5.79. The van der Waals surface area contributed by atoms with Crippen LogP contribution in [0.25, 0.3) is 0 Å². The molecule has 0 unspecified atom stereocenters. The van der Waals surface area contributed by atoms with E-state index in [0.29, 0.717) is 5.91 Å². The molecule has 0 atom stereocenters. The molecular formula is C13H24N2O2. The molecule has 2 fully saturated rings. The largest absolute Gasteiger partial charge is 0.396 e. The van der Waals surface area contributed by atoms with Crippen molar-refractivity contribution in [1.82, 2.24) is 9.80 Å². The molecule has 0 bridgehead atoms. The zero-order valence-electron chi connectivity index (χ0n) is 10.6. The lowest BCUT2D eigenvalue weighted by Gasteiger charge is -2.33. The second-order valence-corrected chi connectivity index (χ2v) is 5.23. The summed E-state index contributed by atoms with van der Waals surface area (Å²) in [5.41, 5.74) is 0. The van der Waals surface area contributed by atoms with Gasteiger partial charge in [-0.25, -0.2) is 0 Å². The molecule has 0 radical (unpaired) electrons. The molecule has 2 aliphatic rings. The van der Waals surface area contributed by atoms with Gasteiger partial charge in [0.15, 0.2) is 0 Å². The third-order valence-electron chi connectivity index (χ3n) is 3.99. The molecule has 1 N–H and O–H groups in total. The van der Waals surface area contributed by atoms with E-state index < -0.39 is 0 Å². The lowest BCUT2D eigenvalue weighted by atomic mass is 9.95. The summed E-state index contributed by atoms with van der Waals surface area (Å²) in [7, 11) is 0. The summed E-state index contributed by atoms with van der Waals surface area (Å²) in [5, 5.41) is 8.79. The van der Waals surface area contributed by atoms with Gasteiger partial charge in [-0.1, -0.05) is 0 Å². The first-order chi connectivity index (χ1) is 8.31. The molecule has 0 spiro atoms. The molecule has 4 heteroatoms. The average molecular weight is 240 g/mol. The Morgan fingerprint density at radius 2 is 1.76 bits per heavy atom. The smallest absolute Gasteiger partial charge is 0.225 e. The fourth-order valence-electron chi connectivity index (χ4n) is 2.89. The van der Waals surface area contributed by atoms with E-state index in [1.54, 1.807) is 0 Å². The molecule has 2 heterocycles. The minimum absolute atomic E-state index is 0.262. The highest BCUT2D eigenvalue weighted by Gasteiger charge is 2.29. The first-order valence-electron chi connectivity index (χ1n) is 6.93. The second-order valence-electron chi connectivity index (χ2n) is 5.23. The number of rotatable bonds is 4. The van der Waals surface area contributed by atoms with Crippen LogP contribution in [-0.4, -0.2) is 60.1 Å². The summed E-state index contributed by atoms with van der Waals surface area (Å²) >= 11 is 0. The lowest BCUT2D eigenvalue weighted by molar-refractivity contribution is -0.136. The summed E-state index contributed by atoms with van der Waals surface area (Å²) in [4.78, 5) is 16.6. The van der Waals surface area contributed by atoms with Crippen molar-refractivity contribution < 1.29 is 9.90 Å². The van der Waals surface area contributed by atoms with Crippen LogP contribution in [0.15, 0.2) is 0 Å². The second kappa shape index (κ2) is 6.36. The van der Waals surface area contributed by atoms with Crippen molar-refractivity contribution in [1.29, 1.82) is 0 Å². The van der Waals surface area contributed by atoms with E-state index >= 15 is 0 Å². The Kier molecular flexibility index (Phi) is 4.80. The van der Waals surface area contributed by atoms with E-state index in [9.17, 15) is 4.79 Å². The van der Waals surface area contributed by atoms with Crippen molar-refractivity contribution in [3.63, 3.8) is 0 Å². The highest BCUT2D eigenvalue weighted by atomic mass is 16.3. The predicted octanol–water partition coefficient (Wildman–Crippen LogP) is 0.703. The van der Waals surface area contributed by atoms with Crippen LogP contribution in [0.2, 0.25) is 0 Å². The summed E-state index contributed by atoms with van der Waals surface area (Å²) in [6.45, 7) is 5.23. The van der Waals surface area contributed by atoms with E-state index in [1.165, 1.54) is 12.8 Å². The van der Waals surface area contributed by atoms with E-state index in [2.05, 4.69) is 4.90 Å². The number of piperidine rings is 1. The zero-order chi connectivity index (χ0) is 12.1. The van der Waals surface area contributed by atoms with Gasteiger partial charge in [-0.05, 0) is 45.2 Å². The van der Waals surface area contributed by atoms with Gasteiger partial charge in [0.1, 0.15) is 0 Å². The molecule has 0 aliphatic carbocycles. The number of carbonyl (C=O) groups excluding carboxylic acids is 1. The van der Waals surface area contributed by atoms with Gasteiger partial charge in [-0.3, -0.25) is 4.79 Å². The number of hydrogen-bond donors (Lipinski definition) is 1. The molecule has 2 saturated heterocycles. The first-order valence-corrected chi connectivity index (χ1v) is 6.93. The number of amides is 1. The molecule has 98 valence electrons.